The van der Waals surface area contributed by atoms with Crippen LogP contribution in [0.2, 0.25) is 0 Å². The highest BCUT2D eigenvalue weighted by Gasteiger charge is 2.19. The molecule has 2 nitrogen and oxygen atoms in total. The molecule has 2 rings (SSSR count). The molecular formula is C15H26N2. The lowest BCUT2D eigenvalue weighted by Gasteiger charge is -2.32. The highest BCUT2D eigenvalue weighted by molar-refractivity contribution is 4.91. The van der Waals surface area contributed by atoms with Gasteiger partial charge < -0.3 is 5.32 Å². The van der Waals surface area contributed by atoms with E-state index in [9.17, 15) is 0 Å². The van der Waals surface area contributed by atoms with Crippen molar-refractivity contribution in [2.45, 2.75) is 38.1 Å². The van der Waals surface area contributed by atoms with Gasteiger partial charge in [0.2, 0.25) is 0 Å². The second-order valence-electron chi connectivity index (χ2n) is 5.42. The first-order chi connectivity index (χ1) is 8.38. The van der Waals surface area contributed by atoms with Gasteiger partial charge in [0.15, 0.2) is 0 Å². The van der Waals surface area contributed by atoms with Gasteiger partial charge in [0.25, 0.3) is 0 Å². The van der Waals surface area contributed by atoms with Crippen LogP contribution in [-0.4, -0.2) is 37.1 Å². The molecule has 0 bridgehead atoms. The number of rotatable bonds is 5. The first-order valence-corrected chi connectivity index (χ1v) is 7.10. The minimum Gasteiger partial charge on any atom is -0.314 e. The first-order valence-electron chi connectivity index (χ1n) is 7.10. The van der Waals surface area contributed by atoms with E-state index >= 15 is 0 Å². The second-order valence-corrected chi connectivity index (χ2v) is 5.42. The summed E-state index contributed by atoms with van der Waals surface area (Å²) in [5.41, 5.74) is 0. The third-order valence-electron chi connectivity index (χ3n) is 4.05. The molecule has 1 N–H and O–H groups in total. The molecule has 0 aromatic carbocycles. The van der Waals surface area contributed by atoms with Crippen molar-refractivity contribution in [3.8, 4) is 0 Å². The molecule has 1 aliphatic heterocycles. The molecule has 1 fully saturated rings. The summed E-state index contributed by atoms with van der Waals surface area (Å²) < 4.78 is 0. The number of likely N-dealkylation sites (tertiary alicyclic amines) is 1. The fraction of sp³-hybridized carbons (Fsp3) is 0.733. The third-order valence-corrected chi connectivity index (χ3v) is 4.05. The molecule has 0 saturated carbocycles. The van der Waals surface area contributed by atoms with E-state index in [1.807, 2.05) is 6.08 Å². The monoisotopic (exact) mass is 234 g/mol. The lowest BCUT2D eigenvalue weighted by Crippen LogP contribution is -2.43. The fourth-order valence-corrected chi connectivity index (χ4v) is 2.88. The zero-order chi connectivity index (χ0) is 11.9. The zero-order valence-corrected chi connectivity index (χ0v) is 10.9. The van der Waals surface area contributed by atoms with E-state index in [1.165, 1.54) is 51.7 Å². The van der Waals surface area contributed by atoms with Gasteiger partial charge in [-0.3, -0.25) is 4.90 Å². The Morgan fingerprint density at radius 2 is 2.06 bits per heavy atom. The average Bonchev–Trinajstić information content (AvgIpc) is 2.40. The first kappa shape index (κ1) is 12.8. The van der Waals surface area contributed by atoms with Gasteiger partial charge in [0.05, 0.1) is 0 Å². The summed E-state index contributed by atoms with van der Waals surface area (Å²) in [5.74, 6) is 0.881. The molecule has 0 spiro atoms. The Kier molecular flexibility index (Phi) is 5.27. The summed E-state index contributed by atoms with van der Waals surface area (Å²) in [7, 11) is 0. The molecule has 17 heavy (non-hydrogen) atoms. The summed E-state index contributed by atoms with van der Waals surface area (Å²) in [4.78, 5) is 2.49. The quantitative estimate of drug-likeness (QED) is 0.736. The SMILES string of the molecule is C=CCN1CCC(NC[C@H]2CC=CCC2)CC1. The van der Waals surface area contributed by atoms with Gasteiger partial charge in [-0.1, -0.05) is 18.2 Å². The van der Waals surface area contributed by atoms with E-state index in [4.69, 9.17) is 0 Å². The molecule has 1 saturated heterocycles. The average molecular weight is 234 g/mol. The standard InChI is InChI=1S/C15H26N2/c1-2-10-17-11-8-15(9-12-17)16-13-14-6-4-3-5-7-14/h2-4,14-16H,1,5-13H2/t14-/m0/s1. The Balaban J connectivity index is 1.61. The molecule has 1 aliphatic carbocycles. The van der Waals surface area contributed by atoms with Crippen molar-refractivity contribution >= 4 is 0 Å². The van der Waals surface area contributed by atoms with E-state index in [0.717, 1.165) is 18.5 Å². The van der Waals surface area contributed by atoms with Gasteiger partial charge >= 0.3 is 0 Å². The van der Waals surface area contributed by atoms with Crippen LogP contribution < -0.4 is 5.32 Å². The number of nitrogens with zero attached hydrogens (tertiary/aromatic N) is 1. The molecule has 1 atom stereocenters. The predicted octanol–water partition coefficient (Wildman–Crippen LogP) is 2.58. The number of hydrogen-bond acceptors (Lipinski definition) is 2. The summed E-state index contributed by atoms with van der Waals surface area (Å²) in [5, 5.41) is 3.77. The van der Waals surface area contributed by atoms with Gasteiger partial charge in [-0.25, -0.2) is 0 Å². The van der Waals surface area contributed by atoms with E-state index in [-0.39, 0.29) is 0 Å². The molecule has 0 aromatic heterocycles. The maximum atomic E-state index is 3.81. The molecule has 2 heteroatoms. The second kappa shape index (κ2) is 6.97. The van der Waals surface area contributed by atoms with Crippen molar-refractivity contribution in [3.63, 3.8) is 0 Å². The molecule has 0 radical (unpaired) electrons. The van der Waals surface area contributed by atoms with Gasteiger partial charge in [-0.2, -0.15) is 0 Å². The van der Waals surface area contributed by atoms with E-state index < -0.39 is 0 Å². The molecule has 0 amide bonds. The van der Waals surface area contributed by atoms with Crippen molar-refractivity contribution in [1.82, 2.24) is 10.2 Å². The van der Waals surface area contributed by atoms with Crippen LogP contribution in [-0.2, 0) is 0 Å². The van der Waals surface area contributed by atoms with E-state index in [0.29, 0.717) is 0 Å². The Hall–Kier alpha value is -0.600. The van der Waals surface area contributed by atoms with Crippen LogP contribution in [0.1, 0.15) is 32.1 Å². The Morgan fingerprint density at radius 1 is 1.24 bits per heavy atom. The molecular weight excluding hydrogens is 208 g/mol. The highest BCUT2D eigenvalue weighted by atomic mass is 15.1. The number of nitrogens with one attached hydrogen (secondary N) is 1. The Bertz CT molecular complexity index is 252. The third kappa shape index (κ3) is 4.29. The van der Waals surface area contributed by atoms with Crippen LogP contribution in [0.4, 0.5) is 0 Å². The van der Waals surface area contributed by atoms with Crippen LogP contribution in [0.15, 0.2) is 24.8 Å². The lowest BCUT2D eigenvalue weighted by atomic mass is 9.93. The Labute approximate surface area is 106 Å². The van der Waals surface area contributed by atoms with Crippen molar-refractivity contribution in [1.29, 1.82) is 0 Å². The van der Waals surface area contributed by atoms with Crippen molar-refractivity contribution < 1.29 is 0 Å². The molecule has 0 aromatic rings. The predicted molar refractivity (Wildman–Crippen MR) is 74.1 cm³/mol. The van der Waals surface area contributed by atoms with Crippen LogP contribution in [0.3, 0.4) is 0 Å². The minimum atomic E-state index is 0.752. The molecule has 1 heterocycles. The van der Waals surface area contributed by atoms with Crippen LogP contribution in [0.25, 0.3) is 0 Å². The van der Waals surface area contributed by atoms with Gasteiger partial charge in [-0.15, -0.1) is 6.58 Å². The summed E-state index contributed by atoms with van der Waals surface area (Å²) in [6.45, 7) is 8.54. The van der Waals surface area contributed by atoms with Crippen LogP contribution in [0.5, 0.6) is 0 Å². The normalized spacial score (nSPS) is 27.2. The van der Waals surface area contributed by atoms with Crippen LogP contribution in [0, 0.1) is 5.92 Å². The van der Waals surface area contributed by atoms with Crippen molar-refractivity contribution in [2.75, 3.05) is 26.2 Å². The minimum absolute atomic E-state index is 0.752. The fourth-order valence-electron chi connectivity index (χ4n) is 2.88. The van der Waals surface area contributed by atoms with Gasteiger partial charge in [-0.05, 0) is 57.7 Å². The lowest BCUT2D eigenvalue weighted by molar-refractivity contribution is 0.210. The summed E-state index contributed by atoms with van der Waals surface area (Å²) in [6.07, 6.45) is 13.2. The summed E-state index contributed by atoms with van der Waals surface area (Å²) in [6, 6.07) is 0.752. The maximum Gasteiger partial charge on any atom is 0.0160 e. The maximum absolute atomic E-state index is 3.81. The van der Waals surface area contributed by atoms with Gasteiger partial charge in [0, 0.05) is 12.6 Å². The van der Waals surface area contributed by atoms with Crippen LogP contribution >= 0.6 is 0 Å². The zero-order valence-electron chi connectivity index (χ0n) is 10.9. The summed E-state index contributed by atoms with van der Waals surface area (Å²) >= 11 is 0. The highest BCUT2D eigenvalue weighted by Crippen LogP contribution is 2.18. The van der Waals surface area contributed by atoms with Crippen molar-refractivity contribution in [3.05, 3.63) is 24.8 Å². The van der Waals surface area contributed by atoms with E-state index in [1.54, 1.807) is 0 Å². The van der Waals surface area contributed by atoms with Crippen molar-refractivity contribution in [2.24, 2.45) is 5.92 Å². The largest absolute Gasteiger partial charge is 0.314 e. The Morgan fingerprint density at radius 3 is 2.71 bits per heavy atom. The number of hydrogen-bond donors (Lipinski definition) is 1. The molecule has 96 valence electrons. The smallest absolute Gasteiger partial charge is 0.0160 e. The molecule has 0 unspecified atom stereocenters. The topological polar surface area (TPSA) is 15.3 Å². The molecule has 2 aliphatic rings. The number of piperidine rings is 1. The van der Waals surface area contributed by atoms with Gasteiger partial charge in [0.1, 0.15) is 0 Å². The number of allylic oxidation sites excluding steroid dienone is 2. The van der Waals surface area contributed by atoms with E-state index in [2.05, 4.69) is 28.9 Å².